The third-order valence-corrected chi connectivity index (χ3v) is 5.16. The van der Waals surface area contributed by atoms with Gasteiger partial charge >= 0.3 is 5.97 Å². The fourth-order valence-corrected chi connectivity index (χ4v) is 3.83. The van der Waals surface area contributed by atoms with E-state index in [1.807, 2.05) is 5.38 Å². The second-order valence-corrected chi connectivity index (χ2v) is 7.00. The van der Waals surface area contributed by atoms with Crippen LogP contribution in [0.15, 0.2) is 77.5 Å². The molecule has 2 aromatic carbocycles. The van der Waals surface area contributed by atoms with Crippen LogP contribution in [0.5, 0.6) is 0 Å². The predicted octanol–water partition coefficient (Wildman–Crippen LogP) is 4.78. The van der Waals surface area contributed by atoms with Crippen LogP contribution >= 0.6 is 11.3 Å². The molecule has 28 heavy (non-hydrogen) atoms. The zero-order chi connectivity index (χ0) is 19.9. The van der Waals surface area contributed by atoms with Gasteiger partial charge in [0.1, 0.15) is 11.8 Å². The number of ether oxygens (including phenoxy) is 1. The zero-order valence-electron chi connectivity index (χ0n) is 15.4. The monoisotopic (exact) mass is 392 g/mol. The number of Topliss-reactive ketones (excluding diaryl/α,β-unsaturated/α-hetero) is 2. The van der Waals surface area contributed by atoms with E-state index in [0.29, 0.717) is 16.7 Å². The van der Waals surface area contributed by atoms with Gasteiger partial charge in [-0.15, -0.1) is 0 Å². The first-order valence-electron chi connectivity index (χ1n) is 9.00. The molecule has 0 radical (unpaired) electrons. The number of thiophene rings is 1. The Hall–Kier alpha value is -3.05. The maximum Gasteiger partial charge on any atom is 0.314 e. The minimum Gasteiger partial charge on any atom is -0.465 e. The molecule has 0 aliphatic carbocycles. The van der Waals surface area contributed by atoms with Crippen molar-refractivity contribution in [3.8, 4) is 0 Å². The maximum absolute atomic E-state index is 13.4. The summed E-state index contributed by atoms with van der Waals surface area (Å²) in [7, 11) is 0. The van der Waals surface area contributed by atoms with Gasteiger partial charge in [-0.2, -0.15) is 11.3 Å². The molecular weight excluding hydrogens is 372 g/mol. The van der Waals surface area contributed by atoms with Gasteiger partial charge in [0.2, 0.25) is 0 Å². The lowest BCUT2D eigenvalue weighted by Gasteiger charge is -2.23. The second kappa shape index (κ2) is 9.24. The highest BCUT2D eigenvalue weighted by molar-refractivity contribution is 7.08. The molecule has 0 aliphatic rings. The van der Waals surface area contributed by atoms with Crippen molar-refractivity contribution >= 4 is 28.9 Å². The van der Waals surface area contributed by atoms with Crippen molar-refractivity contribution in [3.63, 3.8) is 0 Å². The van der Waals surface area contributed by atoms with E-state index < -0.39 is 29.4 Å². The molecule has 0 N–H and O–H groups in total. The van der Waals surface area contributed by atoms with Crippen molar-refractivity contribution in [2.24, 2.45) is 5.92 Å². The Balaban J connectivity index is 2.11. The van der Waals surface area contributed by atoms with Gasteiger partial charge in [0.25, 0.3) is 0 Å². The summed E-state index contributed by atoms with van der Waals surface area (Å²) in [4.78, 5) is 39.6. The molecule has 1 heterocycles. The highest BCUT2D eigenvalue weighted by Crippen LogP contribution is 2.33. The van der Waals surface area contributed by atoms with E-state index in [2.05, 4.69) is 0 Å². The van der Waals surface area contributed by atoms with Crippen molar-refractivity contribution in [3.05, 3.63) is 94.2 Å². The van der Waals surface area contributed by atoms with Gasteiger partial charge in [0.15, 0.2) is 11.6 Å². The molecule has 0 bridgehead atoms. The second-order valence-electron chi connectivity index (χ2n) is 6.22. The van der Waals surface area contributed by atoms with Gasteiger partial charge in [-0.25, -0.2) is 0 Å². The van der Waals surface area contributed by atoms with Gasteiger partial charge in [0, 0.05) is 11.1 Å². The SMILES string of the molecule is CCOC(=O)C(c1ccsc1)C(C(=O)c1ccccc1)C(=O)c1ccccc1. The Labute approximate surface area is 167 Å². The molecule has 0 amide bonds. The molecule has 0 saturated heterocycles. The van der Waals surface area contributed by atoms with Crippen LogP contribution in [0, 0.1) is 5.92 Å². The average Bonchev–Trinajstić information content (AvgIpc) is 3.26. The van der Waals surface area contributed by atoms with E-state index in [1.54, 1.807) is 79.0 Å². The molecule has 142 valence electrons. The first-order valence-corrected chi connectivity index (χ1v) is 9.95. The number of ketones is 2. The third kappa shape index (κ3) is 4.26. The topological polar surface area (TPSA) is 60.4 Å². The summed E-state index contributed by atoms with van der Waals surface area (Å²) in [6.07, 6.45) is 0. The average molecular weight is 392 g/mol. The summed E-state index contributed by atoms with van der Waals surface area (Å²) in [5.74, 6) is -3.54. The molecule has 0 saturated carbocycles. The molecule has 0 fully saturated rings. The van der Waals surface area contributed by atoms with Crippen molar-refractivity contribution in [2.45, 2.75) is 12.8 Å². The Kier molecular flexibility index (Phi) is 6.50. The van der Waals surface area contributed by atoms with Crippen LogP contribution in [0.1, 0.15) is 39.1 Å². The Morgan fingerprint density at radius 2 is 1.39 bits per heavy atom. The van der Waals surface area contributed by atoms with E-state index in [9.17, 15) is 14.4 Å². The summed E-state index contributed by atoms with van der Waals surface area (Å²) in [6, 6.07) is 18.9. The number of benzene rings is 2. The van der Waals surface area contributed by atoms with E-state index in [-0.39, 0.29) is 6.61 Å². The molecule has 0 aliphatic heterocycles. The first kappa shape index (κ1) is 19.7. The Morgan fingerprint density at radius 1 is 0.857 bits per heavy atom. The molecule has 3 rings (SSSR count). The molecular formula is C23H20O4S. The van der Waals surface area contributed by atoms with Crippen molar-refractivity contribution in [2.75, 3.05) is 6.61 Å². The van der Waals surface area contributed by atoms with Gasteiger partial charge in [-0.1, -0.05) is 60.7 Å². The number of esters is 1. The van der Waals surface area contributed by atoms with Gasteiger partial charge < -0.3 is 4.74 Å². The largest absolute Gasteiger partial charge is 0.465 e. The molecule has 5 heteroatoms. The molecule has 3 aromatic rings. The molecule has 0 spiro atoms. The quantitative estimate of drug-likeness (QED) is 0.315. The van der Waals surface area contributed by atoms with Crippen LogP contribution in [0.2, 0.25) is 0 Å². The lowest BCUT2D eigenvalue weighted by atomic mass is 9.77. The van der Waals surface area contributed by atoms with Crippen LogP contribution in [-0.4, -0.2) is 24.1 Å². The summed E-state index contributed by atoms with van der Waals surface area (Å²) in [6.45, 7) is 1.88. The van der Waals surface area contributed by atoms with E-state index in [1.165, 1.54) is 11.3 Å². The van der Waals surface area contributed by atoms with Gasteiger partial charge in [0.05, 0.1) is 6.61 Å². The fourth-order valence-electron chi connectivity index (χ4n) is 3.13. The standard InChI is InChI=1S/C23H20O4S/c1-2-27-23(26)19(18-13-14-28-15-18)20(21(24)16-9-5-3-6-10-16)22(25)17-11-7-4-8-12-17/h3-15,19-20H,2H2,1H3. The van der Waals surface area contributed by atoms with E-state index in [0.717, 1.165) is 0 Å². The van der Waals surface area contributed by atoms with Crippen LogP contribution < -0.4 is 0 Å². The first-order chi connectivity index (χ1) is 13.6. The number of hydrogen-bond donors (Lipinski definition) is 0. The predicted molar refractivity (Wildman–Crippen MR) is 109 cm³/mol. The van der Waals surface area contributed by atoms with Crippen LogP contribution in [0.4, 0.5) is 0 Å². The molecule has 1 aromatic heterocycles. The van der Waals surface area contributed by atoms with Gasteiger partial charge in [-0.3, -0.25) is 14.4 Å². The Morgan fingerprint density at radius 3 is 1.82 bits per heavy atom. The number of rotatable bonds is 8. The maximum atomic E-state index is 13.4. The third-order valence-electron chi connectivity index (χ3n) is 4.46. The smallest absolute Gasteiger partial charge is 0.314 e. The van der Waals surface area contributed by atoms with Crippen molar-refractivity contribution < 1.29 is 19.1 Å². The minimum atomic E-state index is -1.20. The summed E-state index contributed by atoms with van der Waals surface area (Å²) >= 11 is 1.41. The summed E-state index contributed by atoms with van der Waals surface area (Å²) in [5, 5.41) is 3.60. The van der Waals surface area contributed by atoms with E-state index >= 15 is 0 Å². The lowest BCUT2D eigenvalue weighted by Crippen LogP contribution is -2.35. The fraction of sp³-hybridized carbons (Fsp3) is 0.174. The van der Waals surface area contributed by atoms with Crippen LogP contribution in [0.3, 0.4) is 0 Å². The van der Waals surface area contributed by atoms with Crippen molar-refractivity contribution in [1.82, 2.24) is 0 Å². The van der Waals surface area contributed by atoms with Crippen LogP contribution in [-0.2, 0) is 9.53 Å². The van der Waals surface area contributed by atoms with E-state index in [4.69, 9.17) is 4.74 Å². The lowest BCUT2D eigenvalue weighted by molar-refractivity contribution is -0.145. The Bertz CT molecular complexity index is 882. The number of carbonyl (C=O) groups is 3. The highest BCUT2D eigenvalue weighted by Gasteiger charge is 2.41. The number of carbonyl (C=O) groups excluding carboxylic acids is 3. The summed E-state index contributed by atoms with van der Waals surface area (Å²) in [5.41, 5.74) is 1.39. The normalized spacial score (nSPS) is 11.8. The number of hydrogen-bond acceptors (Lipinski definition) is 5. The minimum absolute atomic E-state index is 0.172. The zero-order valence-corrected chi connectivity index (χ0v) is 16.2. The molecule has 4 nitrogen and oxygen atoms in total. The highest BCUT2D eigenvalue weighted by atomic mass is 32.1. The van der Waals surface area contributed by atoms with Crippen molar-refractivity contribution in [1.29, 1.82) is 0 Å². The van der Waals surface area contributed by atoms with Crippen LogP contribution in [0.25, 0.3) is 0 Å². The molecule has 1 unspecified atom stereocenters. The summed E-state index contributed by atoms with van der Waals surface area (Å²) < 4.78 is 5.24. The van der Waals surface area contributed by atoms with Gasteiger partial charge in [-0.05, 0) is 29.3 Å². The molecule has 1 atom stereocenters.